The van der Waals surface area contributed by atoms with E-state index in [0.29, 0.717) is 24.3 Å². The highest BCUT2D eigenvalue weighted by atomic mass is 32.2. The lowest BCUT2D eigenvalue weighted by Gasteiger charge is -2.34. The van der Waals surface area contributed by atoms with E-state index in [9.17, 15) is 4.79 Å². The number of allylic oxidation sites excluding steroid dienone is 1. The summed E-state index contributed by atoms with van der Waals surface area (Å²) in [6.07, 6.45) is 8.20. The quantitative estimate of drug-likeness (QED) is 0.759. The number of ether oxygens (including phenoxy) is 2. The van der Waals surface area contributed by atoms with E-state index in [0.717, 1.165) is 30.2 Å². The lowest BCUT2D eigenvalue weighted by Crippen LogP contribution is -2.43. The Labute approximate surface area is 154 Å². The summed E-state index contributed by atoms with van der Waals surface area (Å²) in [5.41, 5.74) is -0.452. The van der Waals surface area contributed by atoms with Crippen molar-refractivity contribution in [2.45, 2.75) is 57.4 Å². The number of hydrogen-bond acceptors (Lipinski definition) is 5. The van der Waals surface area contributed by atoms with E-state index in [4.69, 9.17) is 9.47 Å². The highest BCUT2D eigenvalue weighted by molar-refractivity contribution is 8.14. The van der Waals surface area contributed by atoms with E-state index >= 15 is 0 Å². The molecule has 1 saturated heterocycles. The highest BCUT2D eigenvalue weighted by Gasteiger charge is 2.30. The second-order valence-corrected chi connectivity index (χ2v) is 9.27. The van der Waals surface area contributed by atoms with Gasteiger partial charge in [-0.15, -0.1) is 11.8 Å². The van der Waals surface area contributed by atoms with Crippen molar-refractivity contribution in [2.24, 2.45) is 10.9 Å². The van der Waals surface area contributed by atoms with Crippen molar-refractivity contribution in [3.05, 3.63) is 24.0 Å². The van der Waals surface area contributed by atoms with Gasteiger partial charge in [-0.25, -0.2) is 4.79 Å². The van der Waals surface area contributed by atoms with Gasteiger partial charge in [0.25, 0.3) is 0 Å². The molecule has 2 heterocycles. The predicted molar refractivity (Wildman–Crippen MR) is 102 cm³/mol. The summed E-state index contributed by atoms with van der Waals surface area (Å²) in [5.74, 6) is 1.24. The van der Waals surface area contributed by atoms with Crippen LogP contribution in [-0.4, -0.2) is 52.6 Å². The molecule has 1 amide bonds. The third kappa shape index (κ3) is 5.03. The van der Waals surface area contributed by atoms with Gasteiger partial charge in [-0.3, -0.25) is 4.99 Å². The minimum atomic E-state index is -0.452. The second-order valence-electron chi connectivity index (χ2n) is 7.89. The van der Waals surface area contributed by atoms with Crippen LogP contribution in [0.15, 0.2) is 29.0 Å². The van der Waals surface area contributed by atoms with Crippen LogP contribution in [-0.2, 0) is 9.47 Å². The van der Waals surface area contributed by atoms with Gasteiger partial charge in [-0.2, -0.15) is 0 Å². The smallest absolute Gasteiger partial charge is 0.410 e. The van der Waals surface area contributed by atoms with E-state index in [2.05, 4.69) is 30.1 Å². The van der Waals surface area contributed by atoms with Crippen molar-refractivity contribution in [3.63, 3.8) is 0 Å². The SMILES string of the molecule is CC1=N[C@@H]2C=C(OC[C@@H]3CCCN(C(=O)OC(C)(C)C)C3)C=C[C@H]2S1. The van der Waals surface area contributed by atoms with Crippen LogP contribution in [0.1, 0.15) is 40.5 Å². The van der Waals surface area contributed by atoms with Gasteiger partial charge < -0.3 is 14.4 Å². The molecule has 1 fully saturated rings. The number of amides is 1. The van der Waals surface area contributed by atoms with Crippen LogP contribution < -0.4 is 0 Å². The zero-order chi connectivity index (χ0) is 18.0. The van der Waals surface area contributed by atoms with Gasteiger partial charge in [0.05, 0.1) is 22.9 Å². The van der Waals surface area contributed by atoms with Crippen LogP contribution in [0.5, 0.6) is 0 Å². The van der Waals surface area contributed by atoms with Crippen LogP contribution in [0.2, 0.25) is 0 Å². The third-order valence-electron chi connectivity index (χ3n) is 4.42. The summed E-state index contributed by atoms with van der Waals surface area (Å²) in [6, 6.07) is 0.203. The highest BCUT2D eigenvalue weighted by Crippen LogP contribution is 2.32. The Bertz CT molecular complexity index is 606. The molecule has 0 aromatic rings. The molecule has 0 radical (unpaired) electrons. The van der Waals surface area contributed by atoms with Crippen molar-refractivity contribution >= 4 is 22.9 Å². The summed E-state index contributed by atoms with van der Waals surface area (Å²) in [4.78, 5) is 18.7. The van der Waals surface area contributed by atoms with Crippen molar-refractivity contribution in [1.29, 1.82) is 0 Å². The van der Waals surface area contributed by atoms with E-state index in [1.165, 1.54) is 0 Å². The first-order valence-electron chi connectivity index (χ1n) is 9.02. The zero-order valence-electron chi connectivity index (χ0n) is 15.5. The van der Waals surface area contributed by atoms with Crippen LogP contribution in [0, 0.1) is 5.92 Å². The van der Waals surface area contributed by atoms with Crippen molar-refractivity contribution in [2.75, 3.05) is 19.7 Å². The van der Waals surface area contributed by atoms with Gasteiger partial charge in [0.15, 0.2) is 0 Å². The monoisotopic (exact) mass is 364 g/mol. The lowest BCUT2D eigenvalue weighted by atomic mass is 9.99. The molecule has 0 spiro atoms. The van der Waals surface area contributed by atoms with Crippen molar-refractivity contribution in [1.82, 2.24) is 4.90 Å². The normalized spacial score (nSPS) is 29.0. The summed E-state index contributed by atoms with van der Waals surface area (Å²) in [7, 11) is 0. The molecule has 0 saturated carbocycles. The number of piperidine rings is 1. The first kappa shape index (κ1) is 18.4. The Morgan fingerprint density at radius 1 is 1.44 bits per heavy atom. The Balaban J connectivity index is 1.49. The Kier molecular flexibility index (Phi) is 5.46. The summed E-state index contributed by atoms with van der Waals surface area (Å²) in [5, 5.41) is 1.56. The van der Waals surface area contributed by atoms with Crippen LogP contribution >= 0.6 is 11.8 Å². The molecule has 0 aromatic heterocycles. The van der Waals surface area contributed by atoms with Crippen LogP contribution in [0.25, 0.3) is 0 Å². The maximum Gasteiger partial charge on any atom is 0.410 e. The average Bonchev–Trinajstić information content (AvgIpc) is 2.91. The number of carbonyl (C=O) groups excluding carboxylic acids is 1. The zero-order valence-corrected chi connectivity index (χ0v) is 16.3. The minimum Gasteiger partial charge on any atom is -0.494 e. The molecule has 2 aliphatic heterocycles. The van der Waals surface area contributed by atoms with Crippen molar-refractivity contribution in [3.8, 4) is 0 Å². The van der Waals surface area contributed by atoms with Gasteiger partial charge in [0.1, 0.15) is 11.4 Å². The number of nitrogens with zero attached hydrogens (tertiary/aromatic N) is 2. The van der Waals surface area contributed by atoms with Gasteiger partial charge in [-0.1, -0.05) is 6.08 Å². The maximum atomic E-state index is 12.2. The van der Waals surface area contributed by atoms with Crippen LogP contribution in [0.4, 0.5) is 4.79 Å². The molecule has 0 unspecified atom stereocenters. The topological polar surface area (TPSA) is 51.1 Å². The molecule has 0 aromatic carbocycles. The molecule has 0 bridgehead atoms. The lowest BCUT2D eigenvalue weighted by molar-refractivity contribution is 0.0119. The predicted octanol–water partition coefficient (Wildman–Crippen LogP) is 4.01. The number of thioether (sulfide) groups is 1. The third-order valence-corrected chi connectivity index (χ3v) is 5.57. The fraction of sp³-hybridized carbons (Fsp3) is 0.684. The molecule has 25 heavy (non-hydrogen) atoms. The van der Waals surface area contributed by atoms with E-state index in [1.807, 2.05) is 37.4 Å². The number of carbonyl (C=O) groups is 1. The molecule has 3 rings (SSSR count). The van der Waals surface area contributed by atoms with Crippen molar-refractivity contribution < 1.29 is 14.3 Å². The molecule has 1 aliphatic carbocycles. The number of rotatable bonds is 3. The number of likely N-dealkylation sites (tertiary alicyclic amines) is 1. The number of hydrogen-bond donors (Lipinski definition) is 0. The molecule has 5 nitrogen and oxygen atoms in total. The fourth-order valence-electron chi connectivity index (χ4n) is 3.28. The molecule has 138 valence electrons. The molecular weight excluding hydrogens is 336 g/mol. The molecule has 3 atom stereocenters. The molecular formula is C19H28N2O3S. The number of fused-ring (bicyclic) bond motifs is 1. The van der Waals surface area contributed by atoms with Crippen LogP contribution in [0.3, 0.4) is 0 Å². The molecule has 0 N–H and O–H groups in total. The summed E-state index contributed by atoms with van der Waals surface area (Å²) in [6.45, 7) is 9.84. The summed E-state index contributed by atoms with van der Waals surface area (Å²) >= 11 is 1.81. The van der Waals surface area contributed by atoms with Gasteiger partial charge in [0.2, 0.25) is 0 Å². The second kappa shape index (κ2) is 7.44. The first-order chi connectivity index (χ1) is 11.8. The Morgan fingerprint density at radius 2 is 2.24 bits per heavy atom. The fourth-order valence-corrected chi connectivity index (χ4v) is 4.30. The average molecular weight is 365 g/mol. The summed E-state index contributed by atoms with van der Waals surface area (Å²) < 4.78 is 11.5. The first-order valence-corrected chi connectivity index (χ1v) is 9.90. The van der Waals surface area contributed by atoms with Gasteiger partial charge >= 0.3 is 6.09 Å². The minimum absolute atomic E-state index is 0.203. The standard InChI is InChI=1S/C19H28N2O3S/c1-13-20-16-10-15(7-8-17(16)25-13)23-12-14-6-5-9-21(11-14)18(22)24-19(2,3)4/h7-8,10,14,16-17H,5-6,9,11-12H2,1-4H3/t14-,16-,17-/m1/s1. The number of aliphatic imine (C=N–C) groups is 1. The molecule has 6 heteroatoms. The van der Waals surface area contributed by atoms with E-state index < -0.39 is 5.60 Å². The van der Waals surface area contributed by atoms with E-state index in [1.54, 1.807) is 0 Å². The van der Waals surface area contributed by atoms with E-state index in [-0.39, 0.29) is 12.1 Å². The molecule has 3 aliphatic rings. The largest absolute Gasteiger partial charge is 0.494 e. The van der Waals surface area contributed by atoms with Gasteiger partial charge in [-0.05, 0) is 52.7 Å². The van der Waals surface area contributed by atoms with Gasteiger partial charge in [0, 0.05) is 19.0 Å². The Hall–Kier alpha value is -1.43. The Morgan fingerprint density at radius 3 is 3.00 bits per heavy atom. The maximum absolute atomic E-state index is 12.2.